The van der Waals surface area contributed by atoms with Crippen molar-refractivity contribution in [2.45, 2.75) is 25.2 Å². The third-order valence-corrected chi connectivity index (χ3v) is 3.98. The molecule has 3 rings (SSSR count). The number of fused-ring (bicyclic) bond motifs is 1. The van der Waals surface area contributed by atoms with Crippen LogP contribution >= 0.6 is 0 Å². The molecule has 1 aromatic rings. The van der Waals surface area contributed by atoms with Crippen LogP contribution < -0.4 is 14.8 Å². The molecule has 0 radical (unpaired) electrons. The number of hydrogen-bond acceptors (Lipinski definition) is 4. The lowest BCUT2D eigenvalue weighted by molar-refractivity contribution is 0.174. The van der Waals surface area contributed by atoms with E-state index in [0.29, 0.717) is 5.92 Å². The molecule has 4 heteroatoms. The van der Waals surface area contributed by atoms with Crippen LogP contribution in [0.2, 0.25) is 0 Å². The lowest BCUT2D eigenvalue weighted by Gasteiger charge is -2.24. The summed E-state index contributed by atoms with van der Waals surface area (Å²) in [6.07, 6.45) is 3.28. The summed E-state index contributed by atoms with van der Waals surface area (Å²) >= 11 is 0. The molecule has 0 amide bonds. The van der Waals surface area contributed by atoms with Gasteiger partial charge in [-0.15, -0.1) is 0 Å². The summed E-state index contributed by atoms with van der Waals surface area (Å²) in [5, 5.41) is 12.8. The molecular weight excluding hydrogens is 240 g/mol. The van der Waals surface area contributed by atoms with E-state index in [-0.39, 0.29) is 12.7 Å². The zero-order valence-electron chi connectivity index (χ0n) is 10.9. The Balaban J connectivity index is 1.73. The van der Waals surface area contributed by atoms with Crippen LogP contribution in [-0.2, 0) is 0 Å². The van der Waals surface area contributed by atoms with Crippen molar-refractivity contribution in [3.8, 4) is 17.6 Å². The van der Waals surface area contributed by atoms with E-state index in [2.05, 4.69) is 11.4 Å². The Kier molecular flexibility index (Phi) is 3.56. The van der Waals surface area contributed by atoms with Crippen molar-refractivity contribution in [1.82, 2.24) is 5.32 Å². The lowest BCUT2D eigenvalue weighted by Crippen LogP contribution is -2.28. The Labute approximate surface area is 113 Å². The van der Waals surface area contributed by atoms with E-state index >= 15 is 0 Å². The smallest absolute Gasteiger partial charge is 0.231 e. The predicted octanol–water partition coefficient (Wildman–Crippen LogP) is 2.41. The summed E-state index contributed by atoms with van der Waals surface area (Å²) < 4.78 is 10.7. The third-order valence-electron chi connectivity index (χ3n) is 3.98. The predicted molar refractivity (Wildman–Crippen MR) is 71.1 cm³/mol. The second-order valence-corrected chi connectivity index (χ2v) is 5.22. The van der Waals surface area contributed by atoms with Gasteiger partial charge < -0.3 is 14.8 Å². The highest BCUT2D eigenvalue weighted by molar-refractivity contribution is 5.46. The first kappa shape index (κ1) is 12.3. The molecule has 1 unspecified atom stereocenters. The summed E-state index contributed by atoms with van der Waals surface area (Å²) in [4.78, 5) is 0. The molecule has 1 aromatic carbocycles. The monoisotopic (exact) mass is 258 g/mol. The van der Waals surface area contributed by atoms with Crippen LogP contribution in [0.15, 0.2) is 18.2 Å². The first-order valence-corrected chi connectivity index (χ1v) is 6.86. The minimum absolute atomic E-state index is 0.0439. The molecule has 1 saturated heterocycles. The minimum Gasteiger partial charge on any atom is -0.454 e. The van der Waals surface area contributed by atoms with Gasteiger partial charge in [-0.1, -0.05) is 6.07 Å². The largest absolute Gasteiger partial charge is 0.454 e. The summed E-state index contributed by atoms with van der Waals surface area (Å²) in [6.45, 7) is 2.43. The third kappa shape index (κ3) is 2.66. The van der Waals surface area contributed by atoms with Gasteiger partial charge in [-0.2, -0.15) is 5.26 Å². The van der Waals surface area contributed by atoms with Gasteiger partial charge in [0.25, 0.3) is 0 Å². The molecule has 1 atom stereocenters. The molecular formula is C15H18N2O2. The van der Waals surface area contributed by atoms with E-state index < -0.39 is 0 Å². The van der Waals surface area contributed by atoms with Crippen LogP contribution in [0.4, 0.5) is 0 Å². The zero-order valence-corrected chi connectivity index (χ0v) is 10.9. The molecule has 1 fully saturated rings. The SMILES string of the molecule is N#CC(CC1CCNCC1)c1ccc2c(c1)OCO2. The van der Waals surface area contributed by atoms with E-state index in [1.165, 1.54) is 12.8 Å². The van der Waals surface area contributed by atoms with Crippen molar-refractivity contribution in [2.24, 2.45) is 5.92 Å². The summed E-state index contributed by atoms with van der Waals surface area (Å²) in [7, 11) is 0. The van der Waals surface area contributed by atoms with Crippen LogP contribution in [0.1, 0.15) is 30.7 Å². The number of benzene rings is 1. The lowest BCUT2D eigenvalue weighted by atomic mass is 9.85. The van der Waals surface area contributed by atoms with Crippen LogP contribution in [0, 0.1) is 17.2 Å². The molecule has 0 bridgehead atoms. The summed E-state index contributed by atoms with van der Waals surface area (Å²) in [5.74, 6) is 2.15. The topological polar surface area (TPSA) is 54.3 Å². The Morgan fingerprint density at radius 3 is 2.84 bits per heavy atom. The Morgan fingerprint density at radius 2 is 2.05 bits per heavy atom. The quantitative estimate of drug-likeness (QED) is 0.904. The normalized spacial score (nSPS) is 19.9. The van der Waals surface area contributed by atoms with E-state index in [0.717, 1.165) is 36.6 Å². The molecule has 100 valence electrons. The van der Waals surface area contributed by atoms with Gasteiger partial charge in [0.15, 0.2) is 11.5 Å². The van der Waals surface area contributed by atoms with Crippen molar-refractivity contribution < 1.29 is 9.47 Å². The van der Waals surface area contributed by atoms with Crippen LogP contribution in [0.25, 0.3) is 0 Å². The number of ether oxygens (including phenoxy) is 2. The zero-order chi connectivity index (χ0) is 13.1. The highest BCUT2D eigenvalue weighted by Gasteiger charge is 2.22. The van der Waals surface area contributed by atoms with E-state index in [9.17, 15) is 5.26 Å². The van der Waals surface area contributed by atoms with Gasteiger partial charge in [0, 0.05) is 0 Å². The summed E-state index contributed by atoms with van der Waals surface area (Å²) in [5.41, 5.74) is 1.05. The number of nitrogens with one attached hydrogen (secondary N) is 1. The fourth-order valence-electron chi connectivity index (χ4n) is 2.84. The standard InChI is InChI=1S/C15H18N2O2/c16-9-13(7-11-3-5-17-6-4-11)12-1-2-14-15(8-12)19-10-18-14/h1-2,8,11,13,17H,3-7,10H2. The van der Waals surface area contributed by atoms with E-state index in [1.807, 2.05) is 18.2 Å². The van der Waals surface area contributed by atoms with Gasteiger partial charge in [0.2, 0.25) is 6.79 Å². The Hall–Kier alpha value is -1.73. The van der Waals surface area contributed by atoms with E-state index in [1.54, 1.807) is 0 Å². The average Bonchev–Trinajstić information content (AvgIpc) is 2.93. The molecule has 2 heterocycles. The van der Waals surface area contributed by atoms with Crippen molar-refractivity contribution >= 4 is 0 Å². The van der Waals surface area contributed by atoms with E-state index in [4.69, 9.17) is 9.47 Å². The van der Waals surface area contributed by atoms with Crippen LogP contribution in [0.5, 0.6) is 11.5 Å². The Morgan fingerprint density at radius 1 is 1.26 bits per heavy atom. The molecule has 0 aliphatic carbocycles. The Bertz CT molecular complexity index is 489. The average molecular weight is 258 g/mol. The summed E-state index contributed by atoms with van der Waals surface area (Å²) in [6, 6.07) is 8.29. The van der Waals surface area contributed by atoms with Gasteiger partial charge in [-0.25, -0.2) is 0 Å². The number of nitriles is 1. The maximum absolute atomic E-state index is 9.42. The van der Waals surface area contributed by atoms with Crippen molar-refractivity contribution in [3.63, 3.8) is 0 Å². The second-order valence-electron chi connectivity index (χ2n) is 5.22. The number of rotatable bonds is 3. The van der Waals surface area contributed by atoms with Gasteiger partial charge >= 0.3 is 0 Å². The number of nitrogens with zero attached hydrogens (tertiary/aromatic N) is 1. The van der Waals surface area contributed by atoms with Crippen molar-refractivity contribution in [1.29, 1.82) is 5.26 Å². The highest BCUT2D eigenvalue weighted by Crippen LogP contribution is 2.36. The van der Waals surface area contributed by atoms with Gasteiger partial charge in [-0.3, -0.25) is 0 Å². The first-order valence-electron chi connectivity index (χ1n) is 6.86. The molecule has 2 aliphatic rings. The molecule has 19 heavy (non-hydrogen) atoms. The van der Waals surface area contributed by atoms with Crippen molar-refractivity contribution in [3.05, 3.63) is 23.8 Å². The molecule has 4 nitrogen and oxygen atoms in total. The maximum Gasteiger partial charge on any atom is 0.231 e. The maximum atomic E-state index is 9.42. The van der Waals surface area contributed by atoms with Gasteiger partial charge in [-0.05, 0) is 56.0 Å². The molecule has 0 spiro atoms. The van der Waals surface area contributed by atoms with Crippen molar-refractivity contribution in [2.75, 3.05) is 19.9 Å². The molecule has 0 saturated carbocycles. The number of hydrogen-bond donors (Lipinski definition) is 1. The fraction of sp³-hybridized carbons (Fsp3) is 0.533. The molecule has 2 aliphatic heterocycles. The fourth-order valence-corrected chi connectivity index (χ4v) is 2.84. The van der Waals surface area contributed by atoms with Gasteiger partial charge in [0.1, 0.15) is 0 Å². The van der Waals surface area contributed by atoms with Crippen LogP contribution in [0.3, 0.4) is 0 Å². The minimum atomic E-state index is -0.0439. The second kappa shape index (κ2) is 5.50. The highest BCUT2D eigenvalue weighted by atomic mass is 16.7. The first-order chi connectivity index (χ1) is 9.36. The van der Waals surface area contributed by atoms with Crippen LogP contribution in [-0.4, -0.2) is 19.9 Å². The number of piperidine rings is 1. The molecule has 1 N–H and O–H groups in total. The molecule has 0 aromatic heterocycles. The van der Waals surface area contributed by atoms with Gasteiger partial charge in [0.05, 0.1) is 12.0 Å².